The number of hydrogen-bond acceptors (Lipinski definition) is 6. The van der Waals surface area contributed by atoms with Crippen LogP contribution in [-0.4, -0.2) is 35.0 Å². The molecule has 3 N–H and O–H groups in total. The summed E-state index contributed by atoms with van der Waals surface area (Å²) < 4.78 is 24.5. The normalized spacial score (nSPS) is 11.8. The van der Waals surface area contributed by atoms with Crippen molar-refractivity contribution in [3.63, 3.8) is 0 Å². The van der Waals surface area contributed by atoms with E-state index in [1.54, 1.807) is 12.1 Å². The third-order valence-electron chi connectivity index (χ3n) is 3.83. The zero-order valence-electron chi connectivity index (χ0n) is 13.9. The van der Waals surface area contributed by atoms with Crippen LogP contribution in [0.4, 0.5) is 11.4 Å². The zero-order valence-corrected chi connectivity index (χ0v) is 15.5. The first-order chi connectivity index (χ1) is 13.3. The number of phenols is 2. The third kappa shape index (κ3) is 3.91. The summed E-state index contributed by atoms with van der Waals surface area (Å²) in [7, 11) is 0. The molecule has 0 saturated heterocycles. The molecular weight excluding hydrogens is 408 g/mol. The third-order valence-corrected chi connectivity index (χ3v) is 4.85. The highest BCUT2D eigenvalue weighted by molar-refractivity contribution is 7.81. The van der Waals surface area contributed by atoms with E-state index in [4.69, 9.17) is 16.7 Å². The molecule has 3 aromatic rings. The number of aromatic carboxylic acids is 1. The summed E-state index contributed by atoms with van der Waals surface area (Å²) in [5.41, 5.74) is 0.776. The minimum Gasteiger partial charge on any atom is -0.755 e. The van der Waals surface area contributed by atoms with Crippen LogP contribution in [0.5, 0.6) is 11.5 Å². The molecule has 1 unspecified atom stereocenters. The summed E-state index contributed by atoms with van der Waals surface area (Å²) in [6.45, 7) is 0. The quantitative estimate of drug-likeness (QED) is 0.426. The fourth-order valence-corrected chi connectivity index (χ4v) is 3.31. The first-order valence-corrected chi connectivity index (χ1v) is 9.09. The van der Waals surface area contributed by atoms with Crippen LogP contribution < -0.4 is 4.31 Å². The number of aromatic hydroxyl groups is 2. The Kier molecular flexibility index (Phi) is 5.50. The molecule has 3 rings (SSSR count). The summed E-state index contributed by atoms with van der Waals surface area (Å²) in [6.07, 6.45) is 1.23. The number of benzene rings is 2. The van der Waals surface area contributed by atoms with Gasteiger partial charge in [0, 0.05) is 11.6 Å². The van der Waals surface area contributed by atoms with Crippen LogP contribution in [0.15, 0.2) is 54.7 Å². The Labute approximate surface area is 166 Å². The molecule has 1 aromatic heterocycles. The van der Waals surface area contributed by atoms with Crippen molar-refractivity contribution in [1.29, 1.82) is 0 Å². The molecule has 0 spiro atoms. The SMILES string of the molecule is O=C(O)c1ccc(N(c2cnc(Cl)c(-c3ccc(O)cc3)c2)S(=O)[O-])cc1O. The molecule has 1 heterocycles. The van der Waals surface area contributed by atoms with Gasteiger partial charge in [0.25, 0.3) is 0 Å². The minimum absolute atomic E-state index is 0.0108. The molecule has 8 nitrogen and oxygen atoms in total. The average Bonchev–Trinajstić information content (AvgIpc) is 2.63. The van der Waals surface area contributed by atoms with Crippen LogP contribution in [-0.2, 0) is 11.3 Å². The number of hydrogen-bond donors (Lipinski definition) is 3. The fraction of sp³-hybridized carbons (Fsp3) is 0. The molecule has 0 fully saturated rings. The highest BCUT2D eigenvalue weighted by Gasteiger charge is 2.17. The van der Waals surface area contributed by atoms with Gasteiger partial charge in [-0.05, 0) is 35.9 Å². The van der Waals surface area contributed by atoms with E-state index < -0.39 is 23.0 Å². The molecule has 0 aliphatic heterocycles. The monoisotopic (exact) mass is 419 g/mol. The smallest absolute Gasteiger partial charge is 0.339 e. The summed E-state index contributed by atoms with van der Waals surface area (Å²) in [5, 5.41) is 28.4. The van der Waals surface area contributed by atoms with Crippen molar-refractivity contribution in [1.82, 2.24) is 4.98 Å². The topological polar surface area (TPSA) is 134 Å². The summed E-state index contributed by atoms with van der Waals surface area (Å²) in [5.74, 6) is -1.87. The van der Waals surface area contributed by atoms with Gasteiger partial charge in [-0.2, -0.15) is 0 Å². The average molecular weight is 420 g/mol. The highest BCUT2D eigenvalue weighted by atomic mass is 35.5. The van der Waals surface area contributed by atoms with Crippen LogP contribution in [0, 0.1) is 0 Å². The van der Waals surface area contributed by atoms with Gasteiger partial charge < -0.3 is 19.9 Å². The number of aromatic nitrogens is 1. The lowest BCUT2D eigenvalue weighted by atomic mass is 10.1. The van der Waals surface area contributed by atoms with E-state index in [0.717, 1.165) is 16.4 Å². The van der Waals surface area contributed by atoms with Crippen molar-refractivity contribution < 1.29 is 28.9 Å². The molecule has 10 heteroatoms. The predicted molar refractivity (Wildman–Crippen MR) is 102 cm³/mol. The number of halogens is 1. The molecule has 0 saturated carbocycles. The van der Waals surface area contributed by atoms with Gasteiger partial charge in [-0.1, -0.05) is 23.7 Å². The number of carbonyl (C=O) groups is 1. The van der Waals surface area contributed by atoms with Crippen molar-refractivity contribution in [2.75, 3.05) is 4.31 Å². The van der Waals surface area contributed by atoms with Gasteiger partial charge in [-0.25, -0.2) is 9.78 Å². The molecule has 0 aliphatic carbocycles. The number of anilines is 2. The van der Waals surface area contributed by atoms with E-state index in [1.807, 2.05) is 0 Å². The van der Waals surface area contributed by atoms with Gasteiger partial charge in [0.15, 0.2) is 0 Å². The molecule has 1 atom stereocenters. The second-order valence-corrected chi connectivity index (χ2v) is 6.75. The lowest BCUT2D eigenvalue weighted by molar-refractivity contribution is 0.0693. The fourth-order valence-electron chi connectivity index (χ4n) is 2.54. The van der Waals surface area contributed by atoms with Crippen LogP contribution >= 0.6 is 11.6 Å². The molecule has 144 valence electrons. The van der Waals surface area contributed by atoms with Gasteiger partial charge in [0.1, 0.15) is 22.2 Å². The van der Waals surface area contributed by atoms with E-state index in [0.29, 0.717) is 11.1 Å². The minimum atomic E-state index is -2.80. The molecule has 0 amide bonds. The largest absolute Gasteiger partial charge is 0.755 e. The van der Waals surface area contributed by atoms with Crippen molar-refractivity contribution in [3.05, 3.63) is 65.4 Å². The number of carboxylic acid groups (broad SMARTS) is 1. The summed E-state index contributed by atoms with van der Waals surface area (Å²) in [4.78, 5) is 15.0. The number of phenolic OH excluding ortho intramolecular Hbond substituents is 1. The van der Waals surface area contributed by atoms with E-state index in [-0.39, 0.29) is 27.8 Å². The van der Waals surface area contributed by atoms with Crippen LogP contribution in [0.2, 0.25) is 5.15 Å². The Morgan fingerprint density at radius 1 is 1.07 bits per heavy atom. The zero-order chi connectivity index (χ0) is 20.4. The van der Waals surface area contributed by atoms with E-state index in [2.05, 4.69) is 4.98 Å². The van der Waals surface area contributed by atoms with E-state index in [9.17, 15) is 23.8 Å². The van der Waals surface area contributed by atoms with Crippen LogP contribution in [0.3, 0.4) is 0 Å². The lowest BCUT2D eigenvalue weighted by Crippen LogP contribution is -2.20. The van der Waals surface area contributed by atoms with Gasteiger partial charge in [0.2, 0.25) is 0 Å². The number of rotatable bonds is 5. The van der Waals surface area contributed by atoms with Crippen LogP contribution in [0.25, 0.3) is 11.1 Å². The second kappa shape index (κ2) is 7.85. The van der Waals surface area contributed by atoms with Crippen molar-refractivity contribution in [2.45, 2.75) is 0 Å². The molecule has 28 heavy (non-hydrogen) atoms. The number of carboxylic acids is 1. The Hall–Kier alpha value is -3.14. The molecular formula is C18H12ClN2O6S-. The first kappa shape index (κ1) is 19.6. The summed E-state index contributed by atoms with van der Waals surface area (Å²) in [6, 6.07) is 10.9. The van der Waals surface area contributed by atoms with Crippen molar-refractivity contribution in [2.24, 2.45) is 0 Å². The molecule has 2 aromatic carbocycles. The standard InChI is InChI=1S/C18H13ClN2O6S/c19-17-15(10-1-4-13(22)5-2-10)7-12(9-20-17)21(28(26)27)11-3-6-14(18(24)25)16(23)8-11/h1-9,22-23H,(H,24,25)(H,26,27)/p-1. The van der Waals surface area contributed by atoms with Gasteiger partial charge in [0.05, 0.1) is 28.8 Å². The van der Waals surface area contributed by atoms with Gasteiger partial charge in [-0.3, -0.25) is 8.51 Å². The maximum atomic E-state index is 11.8. The van der Waals surface area contributed by atoms with Gasteiger partial charge in [-0.15, -0.1) is 0 Å². The van der Waals surface area contributed by atoms with E-state index >= 15 is 0 Å². The Morgan fingerprint density at radius 3 is 2.32 bits per heavy atom. The molecule has 0 aliphatic rings. The predicted octanol–water partition coefficient (Wildman–Crippen LogP) is 3.44. The maximum Gasteiger partial charge on any atom is 0.339 e. The van der Waals surface area contributed by atoms with Gasteiger partial charge >= 0.3 is 5.97 Å². The summed E-state index contributed by atoms with van der Waals surface area (Å²) >= 11 is 3.33. The van der Waals surface area contributed by atoms with E-state index in [1.165, 1.54) is 30.5 Å². The maximum absolute atomic E-state index is 11.8. The van der Waals surface area contributed by atoms with Crippen molar-refractivity contribution in [3.8, 4) is 22.6 Å². The molecule has 0 radical (unpaired) electrons. The Morgan fingerprint density at radius 2 is 1.75 bits per heavy atom. The Bertz CT molecular complexity index is 1070. The van der Waals surface area contributed by atoms with Crippen LogP contribution in [0.1, 0.15) is 10.4 Å². The highest BCUT2D eigenvalue weighted by Crippen LogP contribution is 2.35. The second-order valence-electron chi connectivity index (χ2n) is 5.60. The number of nitrogens with zero attached hydrogens (tertiary/aromatic N) is 2. The lowest BCUT2D eigenvalue weighted by Gasteiger charge is -2.27. The van der Waals surface area contributed by atoms with Crippen molar-refractivity contribution >= 4 is 40.2 Å². The molecule has 0 bridgehead atoms. The number of pyridine rings is 1. The first-order valence-electron chi connectivity index (χ1n) is 7.68. The Balaban J connectivity index is 2.10.